The van der Waals surface area contributed by atoms with Crippen molar-refractivity contribution in [2.45, 2.75) is 51.5 Å². The van der Waals surface area contributed by atoms with Crippen LogP contribution >= 0.6 is 12.4 Å². The van der Waals surface area contributed by atoms with Crippen LogP contribution in [0.2, 0.25) is 0 Å². The number of hydrogen-bond donors (Lipinski definition) is 1. The topological polar surface area (TPSA) is 15.3 Å². The quantitative estimate of drug-likeness (QED) is 0.824. The standard InChI is InChI=1S/C13H26N2.ClH/c1-12-5-2-3-9-15(12)10-7-13-6-4-8-14-11-13;/h12-14H,2-11H2,1H3;1H. The fourth-order valence-electron chi connectivity index (χ4n) is 3.01. The van der Waals surface area contributed by atoms with Gasteiger partial charge in [-0.05, 0) is 71.1 Å². The van der Waals surface area contributed by atoms with Gasteiger partial charge in [0, 0.05) is 6.04 Å². The first-order valence-corrected chi connectivity index (χ1v) is 6.81. The fraction of sp³-hybridized carbons (Fsp3) is 1.00. The molecule has 0 aromatic rings. The van der Waals surface area contributed by atoms with Crippen LogP contribution in [0.25, 0.3) is 0 Å². The highest BCUT2D eigenvalue weighted by atomic mass is 35.5. The van der Waals surface area contributed by atoms with Crippen molar-refractivity contribution in [3.8, 4) is 0 Å². The van der Waals surface area contributed by atoms with E-state index in [9.17, 15) is 0 Å². The third-order valence-electron chi connectivity index (χ3n) is 4.16. The molecule has 0 spiro atoms. The van der Waals surface area contributed by atoms with Gasteiger partial charge < -0.3 is 10.2 Å². The third kappa shape index (κ3) is 4.23. The molecular weight excluding hydrogens is 220 g/mol. The van der Waals surface area contributed by atoms with Crippen LogP contribution in [0.5, 0.6) is 0 Å². The summed E-state index contributed by atoms with van der Waals surface area (Å²) in [6.45, 7) is 7.60. The molecule has 0 aromatic heterocycles. The molecule has 2 nitrogen and oxygen atoms in total. The molecule has 2 rings (SSSR count). The van der Waals surface area contributed by atoms with Gasteiger partial charge in [0.2, 0.25) is 0 Å². The fourth-order valence-corrected chi connectivity index (χ4v) is 3.01. The summed E-state index contributed by atoms with van der Waals surface area (Å²) < 4.78 is 0. The zero-order valence-electron chi connectivity index (χ0n) is 10.6. The van der Waals surface area contributed by atoms with E-state index in [1.54, 1.807) is 0 Å². The van der Waals surface area contributed by atoms with Crippen LogP contribution in [-0.4, -0.2) is 37.1 Å². The van der Waals surface area contributed by atoms with Gasteiger partial charge in [-0.25, -0.2) is 0 Å². The molecular formula is C13H27ClN2. The first kappa shape index (κ1) is 14.3. The number of nitrogens with one attached hydrogen (secondary N) is 1. The Labute approximate surface area is 107 Å². The molecule has 0 saturated carbocycles. The molecule has 16 heavy (non-hydrogen) atoms. The molecule has 2 aliphatic heterocycles. The summed E-state index contributed by atoms with van der Waals surface area (Å²) in [5, 5.41) is 3.52. The first-order chi connectivity index (χ1) is 7.36. The van der Waals surface area contributed by atoms with E-state index in [0.29, 0.717) is 0 Å². The molecule has 96 valence electrons. The summed E-state index contributed by atoms with van der Waals surface area (Å²) in [5.41, 5.74) is 0. The maximum absolute atomic E-state index is 3.52. The van der Waals surface area contributed by atoms with Gasteiger partial charge in [-0.2, -0.15) is 0 Å². The van der Waals surface area contributed by atoms with Crippen LogP contribution in [0.15, 0.2) is 0 Å². The van der Waals surface area contributed by atoms with E-state index in [1.807, 2.05) is 0 Å². The van der Waals surface area contributed by atoms with Gasteiger partial charge in [0.25, 0.3) is 0 Å². The van der Waals surface area contributed by atoms with Crippen molar-refractivity contribution in [2.24, 2.45) is 5.92 Å². The Morgan fingerprint density at radius 2 is 2.06 bits per heavy atom. The summed E-state index contributed by atoms with van der Waals surface area (Å²) in [6, 6.07) is 0.843. The Bertz CT molecular complexity index is 181. The second-order valence-corrected chi connectivity index (χ2v) is 5.38. The number of hydrogen-bond acceptors (Lipinski definition) is 2. The number of rotatable bonds is 3. The number of halogens is 1. The van der Waals surface area contributed by atoms with Crippen molar-refractivity contribution >= 4 is 12.4 Å². The molecule has 1 N–H and O–H groups in total. The Hall–Kier alpha value is 0.210. The van der Waals surface area contributed by atoms with Crippen LogP contribution in [0, 0.1) is 5.92 Å². The largest absolute Gasteiger partial charge is 0.316 e. The minimum absolute atomic E-state index is 0. The highest BCUT2D eigenvalue weighted by Crippen LogP contribution is 2.20. The lowest BCUT2D eigenvalue weighted by Gasteiger charge is -2.35. The molecule has 2 heterocycles. The van der Waals surface area contributed by atoms with E-state index in [-0.39, 0.29) is 12.4 Å². The molecule has 0 bridgehead atoms. The summed E-state index contributed by atoms with van der Waals surface area (Å²) >= 11 is 0. The van der Waals surface area contributed by atoms with Gasteiger partial charge in [0.15, 0.2) is 0 Å². The monoisotopic (exact) mass is 246 g/mol. The molecule has 2 aliphatic rings. The summed E-state index contributed by atoms with van der Waals surface area (Å²) in [5.74, 6) is 0.952. The van der Waals surface area contributed by atoms with Crippen molar-refractivity contribution in [1.29, 1.82) is 0 Å². The predicted octanol–water partition coefficient (Wildman–Crippen LogP) is 2.67. The Balaban J connectivity index is 0.00000128. The predicted molar refractivity (Wildman–Crippen MR) is 72.3 cm³/mol. The van der Waals surface area contributed by atoms with Crippen LogP contribution in [-0.2, 0) is 0 Å². The van der Waals surface area contributed by atoms with Crippen molar-refractivity contribution in [3.63, 3.8) is 0 Å². The lowest BCUT2D eigenvalue weighted by molar-refractivity contribution is 0.146. The van der Waals surface area contributed by atoms with E-state index >= 15 is 0 Å². The third-order valence-corrected chi connectivity index (χ3v) is 4.16. The minimum atomic E-state index is 0. The van der Waals surface area contributed by atoms with Gasteiger partial charge in [-0.3, -0.25) is 0 Å². The highest BCUT2D eigenvalue weighted by molar-refractivity contribution is 5.85. The van der Waals surface area contributed by atoms with E-state index in [4.69, 9.17) is 0 Å². The zero-order chi connectivity index (χ0) is 10.5. The summed E-state index contributed by atoms with van der Waals surface area (Å²) in [6.07, 6.45) is 8.55. The van der Waals surface area contributed by atoms with Gasteiger partial charge in [-0.15, -0.1) is 12.4 Å². The van der Waals surface area contributed by atoms with Gasteiger partial charge >= 0.3 is 0 Å². The van der Waals surface area contributed by atoms with Gasteiger partial charge in [0.1, 0.15) is 0 Å². The smallest absolute Gasteiger partial charge is 0.00669 e. The lowest BCUT2D eigenvalue weighted by atomic mass is 9.95. The number of nitrogens with zero attached hydrogens (tertiary/aromatic N) is 1. The molecule has 0 radical (unpaired) electrons. The maximum Gasteiger partial charge on any atom is 0.00669 e. The van der Waals surface area contributed by atoms with E-state index in [1.165, 1.54) is 64.7 Å². The molecule has 2 atom stereocenters. The lowest BCUT2D eigenvalue weighted by Crippen LogP contribution is -2.40. The molecule has 2 saturated heterocycles. The van der Waals surface area contributed by atoms with Crippen molar-refractivity contribution in [3.05, 3.63) is 0 Å². The zero-order valence-corrected chi connectivity index (χ0v) is 11.4. The summed E-state index contributed by atoms with van der Waals surface area (Å²) in [4.78, 5) is 2.71. The van der Waals surface area contributed by atoms with Crippen LogP contribution in [0.3, 0.4) is 0 Å². The molecule has 2 fully saturated rings. The van der Waals surface area contributed by atoms with Crippen molar-refractivity contribution in [2.75, 3.05) is 26.2 Å². The summed E-state index contributed by atoms with van der Waals surface area (Å²) in [7, 11) is 0. The minimum Gasteiger partial charge on any atom is -0.316 e. The normalized spacial score (nSPS) is 32.1. The first-order valence-electron chi connectivity index (χ1n) is 6.81. The average Bonchev–Trinajstić information content (AvgIpc) is 2.29. The average molecular weight is 247 g/mol. The van der Waals surface area contributed by atoms with Gasteiger partial charge in [0.05, 0.1) is 0 Å². The molecule has 0 amide bonds. The Morgan fingerprint density at radius 1 is 1.19 bits per heavy atom. The van der Waals surface area contributed by atoms with Crippen LogP contribution in [0.4, 0.5) is 0 Å². The molecule has 2 unspecified atom stereocenters. The highest BCUT2D eigenvalue weighted by Gasteiger charge is 2.20. The number of piperidine rings is 2. The second-order valence-electron chi connectivity index (χ2n) is 5.38. The van der Waals surface area contributed by atoms with Crippen LogP contribution in [0.1, 0.15) is 45.4 Å². The van der Waals surface area contributed by atoms with Crippen LogP contribution < -0.4 is 5.32 Å². The van der Waals surface area contributed by atoms with E-state index in [2.05, 4.69) is 17.1 Å². The Morgan fingerprint density at radius 3 is 2.75 bits per heavy atom. The SMILES string of the molecule is CC1CCCCN1CCC1CCCNC1.Cl. The van der Waals surface area contributed by atoms with Crippen molar-refractivity contribution in [1.82, 2.24) is 10.2 Å². The van der Waals surface area contributed by atoms with E-state index < -0.39 is 0 Å². The molecule has 0 aliphatic carbocycles. The Kier molecular flexibility index (Phi) is 6.71. The second kappa shape index (κ2) is 7.52. The number of likely N-dealkylation sites (tertiary alicyclic amines) is 1. The molecule has 0 aromatic carbocycles. The molecule has 3 heteroatoms. The maximum atomic E-state index is 3.52. The van der Waals surface area contributed by atoms with Crippen molar-refractivity contribution < 1.29 is 0 Å². The van der Waals surface area contributed by atoms with Gasteiger partial charge in [-0.1, -0.05) is 6.42 Å². The van der Waals surface area contributed by atoms with E-state index in [0.717, 1.165) is 12.0 Å².